The van der Waals surface area contributed by atoms with E-state index in [-0.39, 0.29) is 23.8 Å². The molecule has 0 aromatic heterocycles. The fourth-order valence-corrected chi connectivity index (χ4v) is 5.62. The van der Waals surface area contributed by atoms with Crippen LogP contribution in [0.4, 0.5) is 0 Å². The number of ether oxygens (including phenoxy) is 2. The minimum atomic E-state index is -0.403. The van der Waals surface area contributed by atoms with Crippen LogP contribution in [0.2, 0.25) is 0 Å². The average Bonchev–Trinajstić information content (AvgIpc) is 3.29. The second-order valence-corrected chi connectivity index (χ2v) is 10.4. The summed E-state index contributed by atoms with van der Waals surface area (Å²) in [6.07, 6.45) is 4.39. The Balaban J connectivity index is 1.20. The van der Waals surface area contributed by atoms with Gasteiger partial charge in [0.2, 0.25) is 11.8 Å². The highest BCUT2D eigenvalue weighted by Gasteiger charge is 2.36. The highest BCUT2D eigenvalue weighted by molar-refractivity contribution is 6.01. The van der Waals surface area contributed by atoms with Crippen molar-refractivity contribution in [2.24, 2.45) is 0 Å². The second-order valence-electron chi connectivity index (χ2n) is 10.4. The molecular weight excluding hydrogens is 506 g/mol. The lowest BCUT2D eigenvalue weighted by Crippen LogP contribution is -2.50. The number of hydrogen-bond acceptors (Lipinski definition) is 6. The molecule has 1 unspecified atom stereocenters. The SMILES string of the molecule is C=C1c2ccc(OC[C@@H]3CCCCN3C(=O)c3ccc(OCCC#CC)cc3)cc2CN1C1CCC(=O)NC1=O. The van der Waals surface area contributed by atoms with Crippen LogP contribution in [-0.4, -0.2) is 59.4 Å². The molecule has 0 bridgehead atoms. The van der Waals surface area contributed by atoms with Crippen molar-refractivity contribution in [3.63, 3.8) is 0 Å². The number of carbonyl (C=O) groups excluding carboxylic acids is 3. The van der Waals surface area contributed by atoms with Crippen LogP contribution in [0, 0.1) is 11.8 Å². The van der Waals surface area contributed by atoms with Gasteiger partial charge in [-0.2, -0.15) is 0 Å². The number of hydrogen-bond donors (Lipinski definition) is 1. The van der Waals surface area contributed by atoms with Crippen LogP contribution in [0.5, 0.6) is 11.5 Å². The molecule has 8 nitrogen and oxygen atoms in total. The third-order valence-corrected chi connectivity index (χ3v) is 7.77. The van der Waals surface area contributed by atoms with E-state index in [9.17, 15) is 14.4 Å². The molecule has 0 spiro atoms. The first-order valence-corrected chi connectivity index (χ1v) is 13.9. The van der Waals surface area contributed by atoms with Gasteiger partial charge in [-0.05, 0) is 80.6 Å². The molecule has 0 aliphatic carbocycles. The third-order valence-electron chi connectivity index (χ3n) is 7.77. The summed E-state index contributed by atoms with van der Waals surface area (Å²) in [7, 11) is 0. The van der Waals surface area contributed by atoms with Crippen molar-refractivity contribution in [1.82, 2.24) is 15.1 Å². The van der Waals surface area contributed by atoms with E-state index in [4.69, 9.17) is 9.47 Å². The lowest BCUT2D eigenvalue weighted by atomic mass is 10.0. The minimum absolute atomic E-state index is 0.00170. The number of amides is 3. The fraction of sp³-hybridized carbons (Fsp3) is 0.406. The normalized spacial score (nSPS) is 20.4. The van der Waals surface area contributed by atoms with Gasteiger partial charge in [-0.15, -0.1) is 11.8 Å². The summed E-state index contributed by atoms with van der Waals surface area (Å²) < 4.78 is 11.9. The van der Waals surface area contributed by atoms with Gasteiger partial charge in [0.1, 0.15) is 24.1 Å². The van der Waals surface area contributed by atoms with E-state index < -0.39 is 6.04 Å². The zero-order valence-electron chi connectivity index (χ0n) is 22.9. The smallest absolute Gasteiger partial charge is 0.254 e. The van der Waals surface area contributed by atoms with Gasteiger partial charge in [-0.1, -0.05) is 6.58 Å². The van der Waals surface area contributed by atoms with E-state index in [0.29, 0.717) is 51.1 Å². The molecule has 0 saturated carbocycles. The van der Waals surface area contributed by atoms with E-state index >= 15 is 0 Å². The molecule has 2 fully saturated rings. The summed E-state index contributed by atoms with van der Waals surface area (Å²) in [4.78, 5) is 41.3. The lowest BCUT2D eigenvalue weighted by molar-refractivity contribution is -0.136. The Bertz CT molecular complexity index is 1360. The number of piperidine rings is 2. The first kappa shape index (κ1) is 27.3. The number of benzene rings is 2. The Labute approximate surface area is 235 Å². The molecule has 2 atom stereocenters. The number of imide groups is 1. The second kappa shape index (κ2) is 12.3. The number of fused-ring (bicyclic) bond motifs is 1. The summed E-state index contributed by atoms with van der Waals surface area (Å²) in [5.74, 6) is 6.78. The van der Waals surface area contributed by atoms with Crippen molar-refractivity contribution in [2.45, 2.75) is 64.1 Å². The Morgan fingerprint density at radius 1 is 1.07 bits per heavy atom. The number of nitrogens with one attached hydrogen (secondary N) is 1. The molecular formula is C32H35N3O5. The van der Waals surface area contributed by atoms with Gasteiger partial charge in [0, 0.05) is 42.8 Å². The van der Waals surface area contributed by atoms with Crippen LogP contribution in [0.3, 0.4) is 0 Å². The fourth-order valence-electron chi connectivity index (χ4n) is 5.62. The molecule has 3 aliphatic heterocycles. The van der Waals surface area contributed by atoms with E-state index in [1.165, 1.54) is 0 Å². The summed E-state index contributed by atoms with van der Waals surface area (Å²) in [6, 6.07) is 12.8. The summed E-state index contributed by atoms with van der Waals surface area (Å²) in [6.45, 7) is 8.17. The van der Waals surface area contributed by atoms with E-state index in [2.05, 4.69) is 23.7 Å². The summed E-state index contributed by atoms with van der Waals surface area (Å²) in [5.41, 5.74) is 3.44. The highest BCUT2D eigenvalue weighted by atomic mass is 16.5. The van der Waals surface area contributed by atoms with E-state index in [1.807, 2.05) is 52.3 Å². The summed E-state index contributed by atoms with van der Waals surface area (Å²) >= 11 is 0. The lowest BCUT2D eigenvalue weighted by Gasteiger charge is -2.35. The van der Waals surface area contributed by atoms with Gasteiger partial charge in [0.05, 0.1) is 12.6 Å². The Hall–Kier alpha value is -4.25. The van der Waals surface area contributed by atoms with Crippen LogP contribution >= 0.6 is 0 Å². The maximum absolute atomic E-state index is 13.4. The first-order valence-electron chi connectivity index (χ1n) is 13.9. The van der Waals surface area contributed by atoms with Crippen LogP contribution in [0.1, 0.15) is 66.9 Å². The molecule has 1 N–H and O–H groups in total. The molecule has 8 heteroatoms. The number of carbonyl (C=O) groups is 3. The van der Waals surface area contributed by atoms with Crippen LogP contribution in [-0.2, 0) is 16.1 Å². The van der Waals surface area contributed by atoms with Gasteiger partial charge in [0.25, 0.3) is 5.91 Å². The molecule has 0 radical (unpaired) electrons. The largest absolute Gasteiger partial charge is 0.493 e. The van der Waals surface area contributed by atoms with Gasteiger partial charge in [-0.3, -0.25) is 19.7 Å². The number of nitrogens with zero attached hydrogens (tertiary/aromatic N) is 2. The van der Waals surface area contributed by atoms with Crippen molar-refractivity contribution in [1.29, 1.82) is 0 Å². The third kappa shape index (κ3) is 5.99. The van der Waals surface area contributed by atoms with E-state index in [0.717, 1.165) is 47.6 Å². The van der Waals surface area contributed by atoms with Crippen LogP contribution in [0.15, 0.2) is 49.0 Å². The van der Waals surface area contributed by atoms with Gasteiger partial charge in [-0.25, -0.2) is 0 Å². The maximum atomic E-state index is 13.4. The van der Waals surface area contributed by atoms with Crippen molar-refractivity contribution in [3.8, 4) is 23.3 Å². The Morgan fingerprint density at radius 3 is 2.65 bits per heavy atom. The molecule has 208 valence electrons. The number of likely N-dealkylation sites (tertiary alicyclic amines) is 1. The number of rotatable bonds is 8. The Kier molecular flexibility index (Phi) is 8.40. The quantitative estimate of drug-likeness (QED) is 0.307. The van der Waals surface area contributed by atoms with Crippen molar-refractivity contribution >= 4 is 23.4 Å². The Morgan fingerprint density at radius 2 is 1.88 bits per heavy atom. The molecule has 40 heavy (non-hydrogen) atoms. The zero-order valence-corrected chi connectivity index (χ0v) is 22.9. The highest BCUT2D eigenvalue weighted by Crippen LogP contribution is 2.37. The van der Waals surface area contributed by atoms with Gasteiger partial charge in [0.15, 0.2) is 0 Å². The standard InChI is InChI=1S/C32H35N3O5/c1-3-4-7-18-39-26-11-9-23(10-12-26)32(38)34-17-6-5-8-25(34)21-40-27-13-14-28-22(2)35(20-24(28)19-27)29-15-16-30(36)33-31(29)37/h9-14,19,25,29H,2,5-8,15-18,20-21H2,1H3,(H,33,36,37)/t25-,29?/m0/s1. The molecule has 2 aromatic rings. The maximum Gasteiger partial charge on any atom is 0.254 e. The molecule has 2 saturated heterocycles. The summed E-state index contributed by atoms with van der Waals surface area (Å²) in [5, 5.41) is 2.43. The average molecular weight is 542 g/mol. The molecule has 5 rings (SSSR count). The van der Waals surface area contributed by atoms with Gasteiger partial charge >= 0.3 is 0 Å². The predicted molar refractivity (Wildman–Crippen MR) is 151 cm³/mol. The first-order chi connectivity index (χ1) is 19.4. The van der Waals surface area contributed by atoms with Crippen molar-refractivity contribution in [3.05, 3.63) is 65.7 Å². The topological polar surface area (TPSA) is 88.2 Å². The van der Waals surface area contributed by atoms with Crippen molar-refractivity contribution in [2.75, 3.05) is 19.8 Å². The monoisotopic (exact) mass is 541 g/mol. The van der Waals surface area contributed by atoms with Crippen molar-refractivity contribution < 1.29 is 23.9 Å². The molecule has 3 amide bonds. The van der Waals surface area contributed by atoms with Crippen LogP contribution < -0.4 is 14.8 Å². The van der Waals surface area contributed by atoms with Crippen LogP contribution in [0.25, 0.3) is 5.70 Å². The minimum Gasteiger partial charge on any atom is -0.493 e. The molecule has 3 aliphatic rings. The molecule has 3 heterocycles. The van der Waals surface area contributed by atoms with E-state index in [1.54, 1.807) is 6.92 Å². The van der Waals surface area contributed by atoms with Gasteiger partial charge < -0.3 is 19.3 Å². The zero-order chi connectivity index (χ0) is 28.1. The molecule has 2 aromatic carbocycles. The predicted octanol–water partition coefficient (Wildman–Crippen LogP) is 4.14.